The Labute approximate surface area is 148 Å². The number of para-hydroxylation sites is 1. The molecule has 2 amide bonds. The van der Waals surface area contributed by atoms with Crippen molar-refractivity contribution in [2.24, 2.45) is 0 Å². The van der Waals surface area contributed by atoms with Crippen LogP contribution in [0, 0.1) is 0 Å². The molecule has 2 aliphatic heterocycles. The van der Waals surface area contributed by atoms with E-state index in [1.807, 2.05) is 49.4 Å². The molecule has 24 heavy (non-hydrogen) atoms. The largest absolute Gasteiger partial charge is 0.294 e. The van der Waals surface area contributed by atoms with Crippen molar-refractivity contribution >= 4 is 39.1 Å². The number of carbonyl (C=O) groups excluding carboxylic acids is 2. The monoisotopic (exact) mass is 385 g/mol. The molecule has 2 heterocycles. The summed E-state index contributed by atoms with van der Waals surface area (Å²) in [5.41, 5.74) is 4.48. The minimum absolute atomic E-state index is 0.0356. The highest BCUT2D eigenvalue weighted by Crippen LogP contribution is 2.44. The first-order chi connectivity index (χ1) is 11.5. The fourth-order valence-electron chi connectivity index (χ4n) is 3.47. The summed E-state index contributed by atoms with van der Waals surface area (Å²) >= 11 is 3.41. The third-order valence-corrected chi connectivity index (χ3v) is 5.17. The van der Waals surface area contributed by atoms with E-state index in [0.717, 1.165) is 10.2 Å². The summed E-state index contributed by atoms with van der Waals surface area (Å²) in [5.74, 6) is -0.1000. The Morgan fingerprint density at radius 1 is 1.12 bits per heavy atom. The molecule has 1 unspecified atom stereocenters. The molecular weight excluding hydrogens is 370 g/mol. The molecule has 0 aliphatic carbocycles. The Bertz CT molecular complexity index is 839. The number of rotatable bonds is 2. The Morgan fingerprint density at radius 3 is 2.62 bits per heavy atom. The molecule has 2 aliphatic rings. The minimum Gasteiger partial charge on any atom is -0.294 e. The van der Waals surface area contributed by atoms with Gasteiger partial charge in [0.15, 0.2) is 0 Å². The first-order valence-corrected chi connectivity index (χ1v) is 8.59. The standard InChI is InChI=1S/C18H16BrN3O2/c1-18-10-9-16(23)21(18)15-8-7-12(19)11-14(15)17(24)22(18)20-13-5-3-2-4-6-13/h2-8,11,20H,9-10H2,1H3. The highest BCUT2D eigenvalue weighted by molar-refractivity contribution is 9.10. The van der Waals surface area contributed by atoms with Crippen LogP contribution in [0.5, 0.6) is 0 Å². The normalized spacial score (nSPS) is 22.4. The van der Waals surface area contributed by atoms with Crippen LogP contribution in [0.15, 0.2) is 53.0 Å². The highest BCUT2D eigenvalue weighted by Gasteiger charge is 2.53. The maximum atomic E-state index is 13.1. The molecule has 2 aromatic rings. The number of hydrogen-bond acceptors (Lipinski definition) is 3. The molecule has 0 spiro atoms. The lowest BCUT2D eigenvalue weighted by Gasteiger charge is -2.48. The molecule has 122 valence electrons. The average molecular weight is 386 g/mol. The predicted octanol–water partition coefficient (Wildman–Crippen LogP) is 3.78. The zero-order valence-corrected chi connectivity index (χ0v) is 14.7. The summed E-state index contributed by atoms with van der Waals surface area (Å²) in [6.07, 6.45) is 1.01. The molecule has 1 saturated heterocycles. The molecule has 1 fully saturated rings. The van der Waals surface area contributed by atoms with Crippen LogP contribution in [-0.4, -0.2) is 22.5 Å². The summed E-state index contributed by atoms with van der Waals surface area (Å²) in [7, 11) is 0. The van der Waals surface area contributed by atoms with Gasteiger partial charge < -0.3 is 0 Å². The molecule has 2 aromatic carbocycles. The van der Waals surface area contributed by atoms with E-state index < -0.39 is 5.66 Å². The van der Waals surface area contributed by atoms with Gasteiger partial charge >= 0.3 is 0 Å². The molecule has 6 heteroatoms. The predicted molar refractivity (Wildman–Crippen MR) is 95.5 cm³/mol. The number of fused-ring (bicyclic) bond motifs is 3. The number of hydrogen-bond donors (Lipinski definition) is 1. The number of nitrogens with one attached hydrogen (secondary N) is 1. The number of anilines is 2. The Morgan fingerprint density at radius 2 is 1.88 bits per heavy atom. The first-order valence-electron chi connectivity index (χ1n) is 7.79. The van der Waals surface area contributed by atoms with Gasteiger partial charge in [0.05, 0.1) is 16.9 Å². The molecule has 0 bridgehead atoms. The van der Waals surface area contributed by atoms with E-state index in [4.69, 9.17) is 0 Å². The smallest absolute Gasteiger partial charge is 0.276 e. The Kier molecular flexibility index (Phi) is 3.38. The van der Waals surface area contributed by atoms with Crippen molar-refractivity contribution in [2.45, 2.75) is 25.4 Å². The third-order valence-electron chi connectivity index (χ3n) is 4.67. The van der Waals surface area contributed by atoms with Crippen molar-refractivity contribution in [1.82, 2.24) is 5.01 Å². The zero-order chi connectivity index (χ0) is 16.9. The number of halogens is 1. The zero-order valence-electron chi connectivity index (χ0n) is 13.1. The maximum Gasteiger partial charge on any atom is 0.276 e. The summed E-state index contributed by atoms with van der Waals surface area (Å²) in [4.78, 5) is 27.4. The van der Waals surface area contributed by atoms with E-state index in [0.29, 0.717) is 24.1 Å². The second-order valence-corrected chi connectivity index (χ2v) is 7.14. The van der Waals surface area contributed by atoms with Gasteiger partial charge in [-0.25, -0.2) is 5.01 Å². The van der Waals surface area contributed by atoms with Crippen LogP contribution in [0.1, 0.15) is 30.1 Å². The molecule has 0 aromatic heterocycles. The third kappa shape index (κ3) is 2.13. The fraction of sp³-hybridized carbons (Fsp3) is 0.222. The van der Waals surface area contributed by atoms with Crippen LogP contribution in [0.3, 0.4) is 0 Å². The van der Waals surface area contributed by atoms with E-state index in [1.165, 1.54) is 0 Å². The topological polar surface area (TPSA) is 52.7 Å². The van der Waals surface area contributed by atoms with Crippen LogP contribution in [0.25, 0.3) is 0 Å². The molecule has 1 N–H and O–H groups in total. The Hall–Kier alpha value is -2.34. The maximum absolute atomic E-state index is 13.1. The lowest BCUT2D eigenvalue weighted by atomic mass is 10.0. The van der Waals surface area contributed by atoms with Gasteiger partial charge in [0.2, 0.25) is 5.91 Å². The number of carbonyl (C=O) groups is 2. The summed E-state index contributed by atoms with van der Waals surface area (Å²) in [6.45, 7) is 1.93. The molecule has 4 rings (SSSR count). The van der Waals surface area contributed by atoms with Gasteiger partial charge in [-0.3, -0.25) is 19.9 Å². The Balaban J connectivity index is 1.85. The molecular formula is C18H16BrN3O2. The van der Waals surface area contributed by atoms with E-state index in [9.17, 15) is 9.59 Å². The van der Waals surface area contributed by atoms with E-state index >= 15 is 0 Å². The minimum atomic E-state index is -0.717. The molecule has 1 atom stereocenters. The van der Waals surface area contributed by atoms with Crippen LogP contribution < -0.4 is 10.3 Å². The van der Waals surface area contributed by atoms with E-state index in [2.05, 4.69) is 21.4 Å². The van der Waals surface area contributed by atoms with Gasteiger partial charge in [-0.1, -0.05) is 34.1 Å². The number of amides is 2. The van der Waals surface area contributed by atoms with Gasteiger partial charge in [-0.05, 0) is 37.3 Å². The molecule has 5 nitrogen and oxygen atoms in total. The SMILES string of the molecule is CC12CCC(=O)N1c1ccc(Br)cc1C(=O)N2Nc1ccccc1. The fourth-order valence-corrected chi connectivity index (χ4v) is 3.83. The van der Waals surface area contributed by atoms with Gasteiger partial charge in [-0.15, -0.1) is 0 Å². The number of hydrazine groups is 1. The van der Waals surface area contributed by atoms with Crippen molar-refractivity contribution in [3.05, 3.63) is 58.6 Å². The van der Waals surface area contributed by atoms with Crippen molar-refractivity contribution in [3.8, 4) is 0 Å². The first kappa shape index (κ1) is 15.2. The van der Waals surface area contributed by atoms with Crippen molar-refractivity contribution in [2.75, 3.05) is 10.3 Å². The van der Waals surface area contributed by atoms with Gasteiger partial charge in [0, 0.05) is 17.3 Å². The number of nitrogens with zero attached hydrogens (tertiary/aromatic N) is 2. The lowest BCUT2D eigenvalue weighted by Crippen LogP contribution is -2.64. The van der Waals surface area contributed by atoms with Crippen LogP contribution in [0.4, 0.5) is 11.4 Å². The summed E-state index contributed by atoms with van der Waals surface area (Å²) < 4.78 is 0.810. The van der Waals surface area contributed by atoms with Crippen molar-refractivity contribution < 1.29 is 9.59 Å². The van der Waals surface area contributed by atoms with E-state index in [1.54, 1.807) is 16.0 Å². The quantitative estimate of drug-likeness (QED) is 0.855. The van der Waals surface area contributed by atoms with Gasteiger partial charge in [0.25, 0.3) is 5.91 Å². The van der Waals surface area contributed by atoms with Crippen molar-refractivity contribution in [3.63, 3.8) is 0 Å². The second kappa shape index (κ2) is 5.34. The van der Waals surface area contributed by atoms with Gasteiger partial charge in [0.1, 0.15) is 5.66 Å². The second-order valence-electron chi connectivity index (χ2n) is 6.23. The van der Waals surface area contributed by atoms with Crippen molar-refractivity contribution in [1.29, 1.82) is 0 Å². The summed E-state index contributed by atoms with van der Waals surface area (Å²) in [6, 6.07) is 15.0. The van der Waals surface area contributed by atoms with Gasteiger partial charge in [-0.2, -0.15) is 0 Å². The molecule has 0 saturated carbocycles. The number of benzene rings is 2. The van der Waals surface area contributed by atoms with E-state index in [-0.39, 0.29) is 11.8 Å². The van der Waals surface area contributed by atoms with Crippen LogP contribution >= 0.6 is 15.9 Å². The lowest BCUT2D eigenvalue weighted by molar-refractivity contribution is -0.117. The van der Waals surface area contributed by atoms with Crippen LogP contribution in [-0.2, 0) is 4.79 Å². The highest BCUT2D eigenvalue weighted by atomic mass is 79.9. The average Bonchev–Trinajstić information content (AvgIpc) is 2.89. The summed E-state index contributed by atoms with van der Waals surface area (Å²) in [5, 5.41) is 1.59. The van der Waals surface area contributed by atoms with Crippen LogP contribution in [0.2, 0.25) is 0 Å². The molecule has 0 radical (unpaired) electrons.